The summed E-state index contributed by atoms with van der Waals surface area (Å²) in [4.78, 5) is 32.9. The summed E-state index contributed by atoms with van der Waals surface area (Å²) in [7, 11) is 0. The number of rotatable bonds is 6. The van der Waals surface area contributed by atoms with Gasteiger partial charge in [-0.1, -0.05) is 24.3 Å². The van der Waals surface area contributed by atoms with Gasteiger partial charge in [-0.25, -0.2) is 4.98 Å². The van der Waals surface area contributed by atoms with Gasteiger partial charge in [0.05, 0.1) is 15.9 Å². The van der Waals surface area contributed by atoms with Crippen LogP contribution in [0.1, 0.15) is 25.9 Å². The first-order valence-corrected chi connectivity index (χ1v) is 9.74. The maximum absolute atomic E-state index is 12.4. The normalized spacial score (nSPS) is 10.7. The van der Waals surface area contributed by atoms with Crippen molar-refractivity contribution in [3.63, 3.8) is 0 Å². The lowest BCUT2D eigenvalue weighted by Gasteiger charge is -2.07. The van der Waals surface area contributed by atoms with E-state index in [-0.39, 0.29) is 11.8 Å². The molecule has 0 fully saturated rings. The van der Waals surface area contributed by atoms with Crippen LogP contribution in [-0.4, -0.2) is 28.3 Å². The Kier molecular flexibility index (Phi) is 5.16. The summed E-state index contributed by atoms with van der Waals surface area (Å²) in [5.74, 6) is 0.458. The van der Waals surface area contributed by atoms with Gasteiger partial charge in [-0.3, -0.25) is 9.59 Å². The first-order valence-electron chi connectivity index (χ1n) is 8.86. The molecule has 28 heavy (non-hydrogen) atoms. The zero-order valence-electron chi connectivity index (χ0n) is 14.9. The first kappa shape index (κ1) is 17.9. The molecule has 0 saturated carbocycles. The third kappa shape index (κ3) is 4.10. The molecule has 0 radical (unpaired) electrons. The van der Waals surface area contributed by atoms with Crippen LogP contribution in [0, 0.1) is 0 Å². The fourth-order valence-electron chi connectivity index (χ4n) is 2.86. The number of hydrogen-bond acceptors (Lipinski definition) is 4. The van der Waals surface area contributed by atoms with Crippen molar-refractivity contribution in [1.82, 2.24) is 15.3 Å². The molecule has 0 spiro atoms. The Hall–Kier alpha value is -3.45. The van der Waals surface area contributed by atoms with Gasteiger partial charge in [0.1, 0.15) is 5.82 Å². The fraction of sp³-hybridized carbons (Fsp3) is 0.0952. The zero-order valence-corrected chi connectivity index (χ0v) is 15.8. The maximum Gasteiger partial charge on any atom is 0.265 e. The summed E-state index contributed by atoms with van der Waals surface area (Å²) >= 11 is 1.37. The monoisotopic (exact) mass is 390 g/mol. The number of nitrogens with zero attached hydrogens (tertiary/aromatic N) is 1. The SMILES string of the molecule is O=C(NCCc1nc2ccccc2[nH]1)c1cccc(NC(=O)c2cccs2)c1. The molecular weight excluding hydrogens is 372 g/mol. The van der Waals surface area contributed by atoms with Crippen molar-refractivity contribution >= 4 is 39.9 Å². The summed E-state index contributed by atoms with van der Waals surface area (Å²) < 4.78 is 0. The average molecular weight is 390 g/mol. The second kappa shape index (κ2) is 8.06. The van der Waals surface area contributed by atoms with E-state index < -0.39 is 0 Å². The highest BCUT2D eigenvalue weighted by molar-refractivity contribution is 7.12. The van der Waals surface area contributed by atoms with Gasteiger partial charge in [-0.05, 0) is 41.8 Å². The van der Waals surface area contributed by atoms with E-state index >= 15 is 0 Å². The number of aromatic amines is 1. The summed E-state index contributed by atoms with van der Waals surface area (Å²) in [6, 6.07) is 18.3. The van der Waals surface area contributed by atoms with Crippen molar-refractivity contribution in [3.05, 3.63) is 82.3 Å². The lowest BCUT2D eigenvalue weighted by molar-refractivity contribution is 0.0952. The van der Waals surface area contributed by atoms with Crippen LogP contribution in [0.2, 0.25) is 0 Å². The largest absolute Gasteiger partial charge is 0.352 e. The molecule has 4 rings (SSSR count). The number of amides is 2. The topological polar surface area (TPSA) is 86.9 Å². The number of hydrogen-bond donors (Lipinski definition) is 3. The predicted octanol–water partition coefficient (Wildman–Crippen LogP) is 3.85. The lowest BCUT2D eigenvalue weighted by Crippen LogP contribution is -2.26. The number of thiophene rings is 1. The molecule has 7 heteroatoms. The number of carbonyl (C=O) groups is 2. The molecule has 0 atom stereocenters. The Morgan fingerprint density at radius 3 is 2.71 bits per heavy atom. The van der Waals surface area contributed by atoms with Crippen molar-refractivity contribution in [2.24, 2.45) is 0 Å². The molecule has 0 aliphatic carbocycles. The van der Waals surface area contributed by atoms with Crippen LogP contribution in [0.3, 0.4) is 0 Å². The average Bonchev–Trinajstić information content (AvgIpc) is 3.37. The molecule has 3 N–H and O–H groups in total. The summed E-state index contributed by atoms with van der Waals surface area (Å²) in [5.41, 5.74) is 2.98. The Morgan fingerprint density at radius 2 is 1.89 bits per heavy atom. The second-order valence-corrected chi connectivity index (χ2v) is 7.17. The number of anilines is 1. The number of aromatic nitrogens is 2. The van der Waals surface area contributed by atoms with Gasteiger partial charge in [0, 0.05) is 24.2 Å². The van der Waals surface area contributed by atoms with E-state index in [0.29, 0.717) is 29.1 Å². The Labute approximate surface area is 165 Å². The fourth-order valence-corrected chi connectivity index (χ4v) is 3.48. The third-order valence-electron chi connectivity index (χ3n) is 4.21. The summed E-state index contributed by atoms with van der Waals surface area (Å²) in [5, 5.41) is 7.55. The molecule has 0 aliphatic heterocycles. The van der Waals surface area contributed by atoms with Crippen LogP contribution in [0.15, 0.2) is 66.0 Å². The molecule has 2 aromatic heterocycles. The van der Waals surface area contributed by atoms with Crippen molar-refractivity contribution < 1.29 is 9.59 Å². The number of carbonyl (C=O) groups excluding carboxylic acids is 2. The van der Waals surface area contributed by atoms with Crippen LogP contribution >= 0.6 is 11.3 Å². The van der Waals surface area contributed by atoms with Gasteiger partial charge >= 0.3 is 0 Å². The number of benzene rings is 2. The van der Waals surface area contributed by atoms with E-state index in [1.54, 1.807) is 30.3 Å². The van der Waals surface area contributed by atoms with E-state index in [1.165, 1.54) is 11.3 Å². The quantitative estimate of drug-likeness (QED) is 0.467. The Morgan fingerprint density at radius 1 is 1.00 bits per heavy atom. The van der Waals surface area contributed by atoms with Crippen molar-refractivity contribution in [1.29, 1.82) is 0 Å². The van der Waals surface area contributed by atoms with Crippen LogP contribution in [0.4, 0.5) is 5.69 Å². The molecule has 0 aliphatic rings. The maximum atomic E-state index is 12.4. The molecule has 0 unspecified atom stereocenters. The molecule has 0 saturated heterocycles. The number of para-hydroxylation sites is 2. The van der Waals surface area contributed by atoms with E-state index in [4.69, 9.17) is 0 Å². The van der Waals surface area contributed by atoms with Gasteiger partial charge in [0.25, 0.3) is 11.8 Å². The van der Waals surface area contributed by atoms with E-state index in [0.717, 1.165) is 16.9 Å². The zero-order chi connectivity index (χ0) is 19.3. The minimum absolute atomic E-state index is 0.183. The van der Waals surface area contributed by atoms with Gasteiger partial charge < -0.3 is 15.6 Å². The first-order chi connectivity index (χ1) is 13.7. The van der Waals surface area contributed by atoms with E-state index in [1.807, 2.05) is 35.7 Å². The Bertz CT molecular complexity index is 1090. The standard InChI is InChI=1S/C21H18N4O2S/c26-20(22-11-10-19-24-16-7-1-2-8-17(16)25-19)14-5-3-6-15(13-14)23-21(27)18-9-4-12-28-18/h1-9,12-13H,10-11H2,(H,22,26)(H,23,27)(H,24,25). The molecule has 4 aromatic rings. The van der Waals surface area contributed by atoms with Crippen molar-refractivity contribution in [3.8, 4) is 0 Å². The highest BCUT2D eigenvalue weighted by Gasteiger charge is 2.10. The molecule has 2 amide bonds. The number of fused-ring (bicyclic) bond motifs is 1. The second-order valence-electron chi connectivity index (χ2n) is 6.22. The van der Waals surface area contributed by atoms with E-state index in [2.05, 4.69) is 20.6 Å². The molecule has 2 aromatic carbocycles. The van der Waals surface area contributed by atoms with Crippen LogP contribution < -0.4 is 10.6 Å². The number of imidazole rings is 1. The van der Waals surface area contributed by atoms with Crippen molar-refractivity contribution in [2.45, 2.75) is 6.42 Å². The minimum atomic E-state index is -0.191. The summed E-state index contributed by atoms with van der Waals surface area (Å²) in [6.45, 7) is 0.463. The summed E-state index contributed by atoms with van der Waals surface area (Å²) in [6.07, 6.45) is 0.606. The molecular formula is C21H18N4O2S. The minimum Gasteiger partial charge on any atom is -0.352 e. The van der Waals surface area contributed by atoms with Crippen LogP contribution in [-0.2, 0) is 6.42 Å². The van der Waals surface area contributed by atoms with Crippen molar-refractivity contribution in [2.75, 3.05) is 11.9 Å². The Balaban J connectivity index is 1.34. The third-order valence-corrected chi connectivity index (χ3v) is 5.08. The molecule has 2 heterocycles. The van der Waals surface area contributed by atoms with E-state index in [9.17, 15) is 9.59 Å². The predicted molar refractivity (Wildman–Crippen MR) is 111 cm³/mol. The molecule has 0 bridgehead atoms. The highest BCUT2D eigenvalue weighted by atomic mass is 32.1. The lowest BCUT2D eigenvalue weighted by atomic mass is 10.2. The highest BCUT2D eigenvalue weighted by Crippen LogP contribution is 2.15. The molecule has 6 nitrogen and oxygen atoms in total. The van der Waals surface area contributed by atoms with Gasteiger partial charge in [-0.15, -0.1) is 11.3 Å². The van der Waals surface area contributed by atoms with Gasteiger partial charge in [-0.2, -0.15) is 0 Å². The van der Waals surface area contributed by atoms with Gasteiger partial charge in [0.15, 0.2) is 0 Å². The van der Waals surface area contributed by atoms with Crippen LogP contribution in [0.5, 0.6) is 0 Å². The smallest absolute Gasteiger partial charge is 0.265 e. The number of nitrogens with one attached hydrogen (secondary N) is 3. The number of H-pyrrole nitrogens is 1. The molecule has 140 valence electrons. The van der Waals surface area contributed by atoms with Crippen LogP contribution in [0.25, 0.3) is 11.0 Å². The van der Waals surface area contributed by atoms with Gasteiger partial charge in [0.2, 0.25) is 0 Å².